The Kier molecular flexibility index (Phi) is 223. The molecule has 0 spiro atoms. The van der Waals surface area contributed by atoms with E-state index in [0.29, 0.717) is 0 Å². The zero-order valence-corrected chi connectivity index (χ0v) is 6.20. The Bertz CT molecular complexity index is 8.00. The molecule has 25 valence electrons. The average molecular weight is 191 g/mol. The number of hydrogen-bond acceptors (Lipinski definition) is 0. The van der Waals surface area contributed by atoms with Gasteiger partial charge in [-0.1, -0.05) is 0 Å². The second-order valence-corrected chi connectivity index (χ2v) is 0. The first-order chi connectivity index (χ1) is 0. The van der Waals surface area contributed by atoms with Crippen LogP contribution in [0.1, 0.15) is 0 Å². The third-order valence-electron chi connectivity index (χ3n) is 0. The summed E-state index contributed by atoms with van der Waals surface area (Å²) < 4.78 is 0. The zero-order valence-electron chi connectivity index (χ0n) is 1.64. The molecule has 0 saturated carbocycles. The summed E-state index contributed by atoms with van der Waals surface area (Å²) in [5.74, 6) is 0. The van der Waals surface area contributed by atoms with Crippen LogP contribution in [-0.2, 0) is 51.5 Å². The minimum atomic E-state index is 0. The van der Waals surface area contributed by atoms with Crippen LogP contribution in [0, 0.1) is 0 Å². The predicted molar refractivity (Wildman–Crippen MR) is 5.75 cm³/mol. The van der Waals surface area contributed by atoms with Gasteiger partial charge >= 0.3 is 0 Å². The van der Waals surface area contributed by atoms with Gasteiger partial charge in [-0.2, -0.15) is 0 Å². The molecule has 0 fully saturated rings. The quantitative estimate of drug-likeness (QED) is 0.457. The molecule has 4 heteroatoms. The SMILES string of the molecule is [Cr].[Fe].[Mn].[Si]. The Hall–Kier alpha value is 1.79. The fourth-order valence-electron chi connectivity index (χ4n) is 0. The second kappa shape index (κ2) is 21.5. The van der Waals surface area contributed by atoms with E-state index in [9.17, 15) is 0 Å². The van der Waals surface area contributed by atoms with E-state index in [1.807, 2.05) is 0 Å². The first kappa shape index (κ1) is 41.5. The van der Waals surface area contributed by atoms with Gasteiger partial charge < -0.3 is 0 Å². The summed E-state index contributed by atoms with van der Waals surface area (Å²) in [5, 5.41) is 0. The molecular formula is CrFeMnSi. The molecule has 0 nitrogen and oxygen atoms in total. The predicted octanol–water partition coefficient (Wildman–Crippen LogP) is -0.388. The van der Waals surface area contributed by atoms with Gasteiger partial charge in [0.05, 0.1) is 0 Å². The summed E-state index contributed by atoms with van der Waals surface area (Å²) >= 11 is 0. The fourth-order valence-corrected chi connectivity index (χ4v) is 0. The van der Waals surface area contributed by atoms with Crippen LogP contribution in [0.2, 0.25) is 0 Å². The topological polar surface area (TPSA) is 0 Å². The largest absolute Gasteiger partial charge is 0 e. The van der Waals surface area contributed by atoms with Crippen molar-refractivity contribution < 1.29 is 51.5 Å². The van der Waals surface area contributed by atoms with Crippen LogP contribution >= 0.6 is 0 Å². The number of hydrogen-bond donors (Lipinski definition) is 0. The van der Waals surface area contributed by atoms with Crippen molar-refractivity contribution in [1.29, 1.82) is 0 Å². The van der Waals surface area contributed by atoms with Gasteiger partial charge in [-0.3, -0.25) is 0 Å². The van der Waals surface area contributed by atoms with Gasteiger partial charge in [0.15, 0.2) is 0 Å². The standard InChI is InChI=1S/Cr.Fe.Mn.Si. The maximum absolute atomic E-state index is 0. The Morgan fingerprint density at radius 1 is 1.00 bits per heavy atom. The molecule has 4 heavy (non-hydrogen) atoms. The van der Waals surface area contributed by atoms with Crippen molar-refractivity contribution in [2.24, 2.45) is 0 Å². The van der Waals surface area contributed by atoms with E-state index in [1.165, 1.54) is 0 Å². The third-order valence-corrected chi connectivity index (χ3v) is 0. The summed E-state index contributed by atoms with van der Waals surface area (Å²) in [7, 11) is 0. The van der Waals surface area contributed by atoms with E-state index >= 15 is 0 Å². The van der Waals surface area contributed by atoms with Gasteiger partial charge in [-0.25, -0.2) is 0 Å². The minimum absolute atomic E-state index is 0. The van der Waals surface area contributed by atoms with E-state index in [2.05, 4.69) is 0 Å². The molecule has 0 aliphatic rings. The molecule has 0 atom stereocenters. The van der Waals surface area contributed by atoms with Crippen molar-refractivity contribution >= 4 is 11.0 Å². The van der Waals surface area contributed by atoms with E-state index in [-0.39, 0.29) is 62.5 Å². The fraction of sp³-hybridized carbons (Fsp3) is 0. The van der Waals surface area contributed by atoms with Gasteiger partial charge in [-0.05, 0) is 0 Å². The summed E-state index contributed by atoms with van der Waals surface area (Å²) in [6.45, 7) is 0. The molecule has 0 saturated heterocycles. The minimum Gasteiger partial charge on any atom is 0 e. The van der Waals surface area contributed by atoms with E-state index in [0.717, 1.165) is 0 Å². The smallest absolute Gasteiger partial charge is 0 e. The zero-order chi connectivity index (χ0) is 0. The normalized spacial score (nSPS) is 0. The van der Waals surface area contributed by atoms with Gasteiger partial charge in [-0.15, -0.1) is 0 Å². The van der Waals surface area contributed by atoms with Gasteiger partial charge in [0, 0.05) is 62.5 Å². The molecule has 0 amide bonds. The molecular weight excluding hydrogens is 191 g/mol. The van der Waals surface area contributed by atoms with Crippen LogP contribution < -0.4 is 0 Å². The Labute approximate surface area is 62.2 Å². The maximum atomic E-state index is 0. The molecule has 0 aromatic rings. The van der Waals surface area contributed by atoms with Crippen LogP contribution in [0.3, 0.4) is 0 Å². The van der Waals surface area contributed by atoms with Gasteiger partial charge in [0.1, 0.15) is 0 Å². The number of rotatable bonds is 0. The summed E-state index contributed by atoms with van der Waals surface area (Å²) in [4.78, 5) is 0. The van der Waals surface area contributed by atoms with E-state index in [1.54, 1.807) is 0 Å². The molecule has 0 aromatic carbocycles. The van der Waals surface area contributed by atoms with Crippen molar-refractivity contribution in [3.8, 4) is 0 Å². The summed E-state index contributed by atoms with van der Waals surface area (Å²) in [6.07, 6.45) is 0. The first-order valence-corrected chi connectivity index (χ1v) is 0. The van der Waals surface area contributed by atoms with Crippen LogP contribution in [0.25, 0.3) is 0 Å². The van der Waals surface area contributed by atoms with Crippen molar-refractivity contribution in [3.05, 3.63) is 0 Å². The summed E-state index contributed by atoms with van der Waals surface area (Å²) in [5.41, 5.74) is 0. The molecule has 0 N–H and O–H groups in total. The van der Waals surface area contributed by atoms with Crippen LogP contribution in [0.15, 0.2) is 0 Å². The molecule has 0 bridgehead atoms. The molecule has 0 rings (SSSR count). The van der Waals surface area contributed by atoms with Crippen molar-refractivity contribution in [2.45, 2.75) is 0 Å². The molecule has 5 radical (unpaired) electrons. The monoisotopic (exact) mass is 191 g/mol. The van der Waals surface area contributed by atoms with Crippen LogP contribution in [0.5, 0.6) is 0 Å². The molecule has 0 aromatic heterocycles. The van der Waals surface area contributed by atoms with Crippen molar-refractivity contribution in [3.63, 3.8) is 0 Å². The Balaban J connectivity index is 0. The molecule has 0 aliphatic heterocycles. The van der Waals surface area contributed by atoms with Gasteiger partial charge in [0.2, 0.25) is 0 Å². The van der Waals surface area contributed by atoms with Crippen LogP contribution in [-0.4, -0.2) is 11.0 Å². The Morgan fingerprint density at radius 3 is 1.00 bits per heavy atom. The van der Waals surface area contributed by atoms with E-state index < -0.39 is 0 Å². The summed E-state index contributed by atoms with van der Waals surface area (Å²) in [6, 6.07) is 0. The molecule has 0 aliphatic carbocycles. The van der Waals surface area contributed by atoms with E-state index in [4.69, 9.17) is 0 Å². The molecule has 0 unspecified atom stereocenters. The van der Waals surface area contributed by atoms with Crippen molar-refractivity contribution in [2.75, 3.05) is 0 Å². The third kappa shape index (κ3) is 9.21. The van der Waals surface area contributed by atoms with Crippen LogP contribution in [0.4, 0.5) is 0 Å². The van der Waals surface area contributed by atoms with Gasteiger partial charge in [0.25, 0.3) is 0 Å². The van der Waals surface area contributed by atoms with Crippen molar-refractivity contribution in [1.82, 2.24) is 0 Å². The average Bonchev–Trinajstić information content (AvgIpc) is 0. The molecule has 0 heterocycles. The second-order valence-electron chi connectivity index (χ2n) is 0. The first-order valence-electron chi connectivity index (χ1n) is 0. The Morgan fingerprint density at radius 2 is 1.00 bits per heavy atom. The maximum Gasteiger partial charge on any atom is 0 e.